The Morgan fingerprint density at radius 2 is 2.12 bits per heavy atom. The summed E-state index contributed by atoms with van der Waals surface area (Å²) in [5.41, 5.74) is 0.667. The number of nitrogens with one attached hydrogen (secondary N) is 3. The predicted octanol–water partition coefficient (Wildman–Crippen LogP) is 3.05. The molecule has 0 unspecified atom stereocenters. The minimum Gasteiger partial charge on any atom is -0.480 e. The van der Waals surface area contributed by atoms with Crippen molar-refractivity contribution in [1.29, 1.82) is 0 Å². The molecule has 0 bridgehead atoms. The minimum atomic E-state index is -1.10. The fourth-order valence-electron chi connectivity index (χ4n) is 4.10. The molecular weight excluding hydrogens is 562 g/mol. The van der Waals surface area contributed by atoms with Gasteiger partial charge in [0.1, 0.15) is 16.9 Å². The molecule has 8 nitrogen and oxygen atoms in total. The number of fused-ring (bicyclic) bond motifs is 1. The number of benzene rings is 1. The number of amides is 2. The lowest BCUT2D eigenvalue weighted by Gasteiger charge is -2.34. The van der Waals surface area contributed by atoms with Gasteiger partial charge in [0.15, 0.2) is 0 Å². The van der Waals surface area contributed by atoms with Crippen LogP contribution < -0.4 is 16.0 Å². The number of anilines is 2. The number of nitrogens with zero attached hydrogens (tertiary/aromatic N) is 1. The van der Waals surface area contributed by atoms with Crippen molar-refractivity contribution in [2.75, 3.05) is 31.5 Å². The van der Waals surface area contributed by atoms with Crippen molar-refractivity contribution in [3.8, 4) is 0 Å². The zero-order valence-corrected chi connectivity index (χ0v) is 21.1. The highest BCUT2D eigenvalue weighted by atomic mass is 127. The van der Waals surface area contributed by atoms with Crippen LogP contribution in [0.1, 0.15) is 39.4 Å². The number of aliphatic carboxylic acids is 1. The third-order valence-electron chi connectivity index (χ3n) is 5.78. The van der Waals surface area contributed by atoms with Gasteiger partial charge in [0.2, 0.25) is 0 Å². The van der Waals surface area contributed by atoms with Gasteiger partial charge in [-0.25, -0.2) is 9.18 Å². The maximum Gasteiger partial charge on any atom is 0.327 e. The van der Waals surface area contributed by atoms with E-state index in [0.717, 1.165) is 14.9 Å². The number of carboxylic acids is 1. The van der Waals surface area contributed by atoms with Crippen molar-refractivity contribution in [2.24, 2.45) is 5.41 Å². The van der Waals surface area contributed by atoms with Gasteiger partial charge in [-0.05, 0) is 58.2 Å². The van der Waals surface area contributed by atoms with Gasteiger partial charge in [0.25, 0.3) is 11.8 Å². The van der Waals surface area contributed by atoms with E-state index in [1.54, 1.807) is 12.1 Å². The predicted molar refractivity (Wildman–Crippen MR) is 132 cm³/mol. The first-order valence-electron chi connectivity index (χ1n) is 10.5. The van der Waals surface area contributed by atoms with Gasteiger partial charge < -0.3 is 26.0 Å². The SMILES string of the molecule is CC1(C)CNC(=O)c2sc(Nc3ccc(I)cc3F)c(C(=O)N3CCNC[C@H]3C(=O)O)c2C1. The molecule has 33 heavy (non-hydrogen) atoms. The van der Waals surface area contributed by atoms with Crippen LogP contribution >= 0.6 is 33.9 Å². The van der Waals surface area contributed by atoms with E-state index in [1.165, 1.54) is 11.0 Å². The summed E-state index contributed by atoms with van der Waals surface area (Å²) in [6.07, 6.45) is 0.444. The van der Waals surface area contributed by atoms with Crippen LogP contribution in [0.15, 0.2) is 18.2 Å². The minimum absolute atomic E-state index is 0.133. The van der Waals surface area contributed by atoms with Crippen LogP contribution in [0, 0.1) is 14.8 Å². The van der Waals surface area contributed by atoms with Crippen LogP contribution in [0.4, 0.5) is 15.1 Å². The number of carboxylic acid groups (broad SMARTS) is 1. The smallest absolute Gasteiger partial charge is 0.327 e. The Hall–Kier alpha value is -2.25. The summed E-state index contributed by atoms with van der Waals surface area (Å²) >= 11 is 3.10. The van der Waals surface area contributed by atoms with Crippen LogP contribution in [0.25, 0.3) is 0 Å². The zero-order valence-electron chi connectivity index (χ0n) is 18.1. The van der Waals surface area contributed by atoms with Gasteiger partial charge in [0.05, 0.1) is 16.1 Å². The average Bonchev–Trinajstić information content (AvgIpc) is 3.05. The molecule has 2 aliphatic rings. The Morgan fingerprint density at radius 1 is 1.36 bits per heavy atom. The van der Waals surface area contributed by atoms with Crippen LogP contribution in [0.5, 0.6) is 0 Å². The Morgan fingerprint density at radius 3 is 2.82 bits per heavy atom. The van der Waals surface area contributed by atoms with Crippen LogP contribution in [0.2, 0.25) is 0 Å². The van der Waals surface area contributed by atoms with Gasteiger partial charge in [-0.15, -0.1) is 11.3 Å². The summed E-state index contributed by atoms with van der Waals surface area (Å²) in [5, 5.41) is 18.9. The lowest BCUT2D eigenvalue weighted by Crippen LogP contribution is -2.57. The molecule has 0 aliphatic carbocycles. The zero-order chi connectivity index (χ0) is 23.9. The van der Waals surface area contributed by atoms with Crippen molar-refractivity contribution < 1.29 is 23.9 Å². The number of thiophene rings is 1. The molecule has 1 saturated heterocycles. The molecule has 1 atom stereocenters. The molecule has 2 amide bonds. The van der Waals surface area contributed by atoms with E-state index >= 15 is 0 Å². The van der Waals surface area contributed by atoms with Gasteiger partial charge in [-0.1, -0.05) is 13.8 Å². The fourth-order valence-corrected chi connectivity index (χ4v) is 5.69. The highest BCUT2D eigenvalue weighted by Gasteiger charge is 2.39. The molecule has 3 heterocycles. The second-order valence-electron chi connectivity index (χ2n) is 8.94. The standard InChI is InChI=1S/C22H24FIN4O4S/c1-22(2)8-12-16(20(30)28-6-5-25-9-15(28)21(31)32)19(33-17(12)18(29)26-10-22)27-14-4-3-11(24)7-13(14)23/h3-4,7,15,25,27H,5-6,8-10H2,1-2H3,(H,26,29)(H,31,32)/t15-/m0/s1. The van der Waals surface area contributed by atoms with Crippen molar-refractivity contribution >= 4 is 62.4 Å². The monoisotopic (exact) mass is 586 g/mol. The summed E-state index contributed by atoms with van der Waals surface area (Å²) in [5.74, 6) is -2.35. The summed E-state index contributed by atoms with van der Waals surface area (Å²) in [7, 11) is 0. The Bertz CT molecular complexity index is 1140. The summed E-state index contributed by atoms with van der Waals surface area (Å²) in [6.45, 7) is 5.24. The second kappa shape index (κ2) is 9.18. The summed E-state index contributed by atoms with van der Waals surface area (Å²) in [4.78, 5) is 40.2. The molecule has 1 fully saturated rings. The molecule has 2 aromatic rings. The molecule has 0 saturated carbocycles. The molecule has 4 N–H and O–H groups in total. The third kappa shape index (κ3) is 4.85. The van der Waals surface area contributed by atoms with Crippen LogP contribution in [0.3, 0.4) is 0 Å². The van der Waals surface area contributed by atoms with E-state index in [4.69, 9.17) is 0 Å². The van der Waals surface area contributed by atoms with Crippen molar-refractivity contribution in [3.05, 3.63) is 43.6 Å². The van der Waals surface area contributed by atoms with Gasteiger partial charge in [-0.2, -0.15) is 0 Å². The molecule has 0 radical (unpaired) electrons. The highest BCUT2D eigenvalue weighted by Crippen LogP contribution is 2.41. The van der Waals surface area contributed by atoms with Crippen molar-refractivity contribution in [1.82, 2.24) is 15.5 Å². The Labute approximate surface area is 208 Å². The number of rotatable bonds is 4. The molecule has 0 spiro atoms. The maximum absolute atomic E-state index is 14.6. The van der Waals surface area contributed by atoms with Crippen molar-refractivity contribution in [2.45, 2.75) is 26.3 Å². The molecule has 11 heteroatoms. The van der Waals surface area contributed by atoms with E-state index in [9.17, 15) is 23.9 Å². The number of halogens is 2. The number of carbonyl (C=O) groups excluding carboxylic acids is 2. The number of hydrogen-bond acceptors (Lipinski definition) is 6. The topological polar surface area (TPSA) is 111 Å². The van der Waals surface area contributed by atoms with E-state index in [-0.39, 0.29) is 35.7 Å². The largest absolute Gasteiger partial charge is 0.480 e. The van der Waals surface area contributed by atoms with E-state index in [1.807, 2.05) is 36.4 Å². The fraction of sp³-hybridized carbons (Fsp3) is 0.409. The van der Waals surface area contributed by atoms with Crippen molar-refractivity contribution in [3.63, 3.8) is 0 Å². The van der Waals surface area contributed by atoms with Gasteiger partial charge in [0, 0.05) is 29.7 Å². The normalized spacial score (nSPS) is 19.9. The van der Waals surface area contributed by atoms with Crippen LogP contribution in [-0.2, 0) is 11.2 Å². The molecule has 1 aromatic carbocycles. The quantitative estimate of drug-likeness (QED) is 0.411. The van der Waals surface area contributed by atoms with E-state index in [2.05, 4.69) is 16.0 Å². The Kier molecular flexibility index (Phi) is 6.65. The lowest BCUT2D eigenvalue weighted by molar-refractivity contribution is -0.142. The van der Waals surface area contributed by atoms with Gasteiger partial charge >= 0.3 is 5.97 Å². The molecule has 2 aliphatic heterocycles. The summed E-state index contributed by atoms with van der Waals surface area (Å²) < 4.78 is 15.3. The highest BCUT2D eigenvalue weighted by molar-refractivity contribution is 14.1. The summed E-state index contributed by atoms with van der Waals surface area (Å²) in [6, 6.07) is 3.65. The number of piperazine rings is 1. The van der Waals surface area contributed by atoms with Crippen LogP contribution in [-0.4, -0.2) is 60.0 Å². The first-order valence-corrected chi connectivity index (χ1v) is 12.4. The molecule has 4 rings (SSSR count). The first-order chi connectivity index (χ1) is 15.6. The maximum atomic E-state index is 14.6. The lowest BCUT2D eigenvalue weighted by atomic mass is 9.85. The Balaban J connectivity index is 1.84. The van der Waals surface area contributed by atoms with Gasteiger partial charge in [-0.3, -0.25) is 9.59 Å². The second-order valence-corrected chi connectivity index (χ2v) is 11.2. The first kappa shape index (κ1) is 23.9. The average molecular weight is 586 g/mol. The number of carbonyl (C=O) groups is 3. The molecular formula is C22H24FIN4O4S. The third-order valence-corrected chi connectivity index (χ3v) is 7.60. The van der Waals surface area contributed by atoms with E-state index in [0.29, 0.717) is 35.0 Å². The molecule has 1 aromatic heterocycles. The molecule has 176 valence electrons. The number of hydrogen-bond donors (Lipinski definition) is 4. The van der Waals surface area contributed by atoms with E-state index < -0.39 is 23.7 Å².